The first-order valence-corrected chi connectivity index (χ1v) is 8.29. The number of nitrogens with zero attached hydrogens (tertiary/aromatic N) is 1. The van der Waals surface area contributed by atoms with Crippen LogP contribution in [0.1, 0.15) is 53.9 Å². The molecule has 0 radical (unpaired) electrons. The molecule has 0 saturated carbocycles. The number of amides is 1. The first kappa shape index (κ1) is 16.5. The molecule has 1 amide bonds. The Hall–Kier alpha value is -0.900. The van der Waals surface area contributed by atoms with E-state index in [1.54, 1.807) is 20.8 Å². The third kappa shape index (κ3) is 3.15. The lowest BCUT2D eigenvalue weighted by Gasteiger charge is -2.56. The SMILES string of the molecule is CC(C)[N+]12CCC(CNC(=O)C(=O)C(C)(C)C)(CC1)CC2. The minimum atomic E-state index is -0.593. The molecule has 4 nitrogen and oxygen atoms in total. The zero-order chi connectivity index (χ0) is 15.9. The van der Waals surface area contributed by atoms with Gasteiger partial charge in [-0.3, -0.25) is 9.59 Å². The van der Waals surface area contributed by atoms with Gasteiger partial charge in [-0.1, -0.05) is 20.8 Å². The summed E-state index contributed by atoms with van der Waals surface area (Å²) in [5, 5.41) is 2.92. The standard InChI is InChI=1S/C17H30N2O2/c1-13(2)19-9-6-17(7-10-19,8-11-19)12-18-15(21)14(20)16(3,4)5/h13H,6-12H2,1-5H3/p+1. The monoisotopic (exact) mass is 295 g/mol. The van der Waals surface area contributed by atoms with E-state index < -0.39 is 11.3 Å². The quantitative estimate of drug-likeness (QED) is 0.638. The Balaban J connectivity index is 1.91. The van der Waals surface area contributed by atoms with Crippen LogP contribution in [0, 0.1) is 10.8 Å². The maximum absolute atomic E-state index is 12.0. The van der Waals surface area contributed by atoms with Gasteiger partial charge in [0.25, 0.3) is 5.91 Å². The molecule has 0 aromatic heterocycles. The molecule has 0 aliphatic carbocycles. The second-order valence-electron chi connectivity index (χ2n) is 8.49. The third-order valence-corrected chi connectivity index (χ3v) is 5.87. The van der Waals surface area contributed by atoms with Crippen LogP contribution >= 0.6 is 0 Å². The number of carbonyl (C=O) groups is 2. The van der Waals surface area contributed by atoms with E-state index in [-0.39, 0.29) is 11.2 Å². The lowest BCUT2D eigenvalue weighted by Crippen LogP contribution is -2.66. The van der Waals surface area contributed by atoms with Crippen LogP contribution in [0.3, 0.4) is 0 Å². The molecule has 120 valence electrons. The van der Waals surface area contributed by atoms with Crippen molar-refractivity contribution in [3.8, 4) is 0 Å². The molecule has 0 atom stereocenters. The minimum absolute atomic E-state index is 0.239. The van der Waals surface area contributed by atoms with Gasteiger partial charge < -0.3 is 9.80 Å². The second kappa shape index (κ2) is 5.38. The van der Waals surface area contributed by atoms with Crippen LogP contribution in [0.5, 0.6) is 0 Å². The van der Waals surface area contributed by atoms with Gasteiger partial charge in [0, 0.05) is 36.6 Å². The average molecular weight is 295 g/mol. The number of piperidine rings is 3. The summed E-state index contributed by atoms with van der Waals surface area (Å²) in [4.78, 5) is 24.0. The lowest BCUT2D eigenvalue weighted by molar-refractivity contribution is -0.964. The van der Waals surface area contributed by atoms with Crippen molar-refractivity contribution in [1.82, 2.24) is 5.32 Å². The number of Topliss-reactive ketones (excluding diaryl/α,β-unsaturated/α-hetero) is 1. The molecule has 2 bridgehead atoms. The molecule has 3 rings (SSSR count). The van der Waals surface area contributed by atoms with Crippen LogP contribution < -0.4 is 5.32 Å². The van der Waals surface area contributed by atoms with Crippen molar-refractivity contribution >= 4 is 11.7 Å². The minimum Gasteiger partial charge on any atom is -0.349 e. The fourth-order valence-electron chi connectivity index (χ4n) is 3.82. The Morgan fingerprint density at radius 1 is 1.10 bits per heavy atom. The summed E-state index contributed by atoms with van der Waals surface area (Å²) in [6.07, 6.45) is 3.53. The Morgan fingerprint density at radius 2 is 1.57 bits per heavy atom. The van der Waals surface area contributed by atoms with Crippen LogP contribution in [-0.2, 0) is 9.59 Å². The summed E-state index contributed by atoms with van der Waals surface area (Å²) in [5.74, 6) is -0.713. The number of ketones is 1. The lowest BCUT2D eigenvalue weighted by atomic mass is 9.70. The van der Waals surface area contributed by atoms with Gasteiger partial charge in [0.05, 0.1) is 25.7 Å². The molecule has 3 aliphatic heterocycles. The molecule has 4 heteroatoms. The van der Waals surface area contributed by atoms with E-state index >= 15 is 0 Å². The van der Waals surface area contributed by atoms with Crippen molar-refractivity contribution in [3.63, 3.8) is 0 Å². The Morgan fingerprint density at radius 3 is 1.95 bits per heavy atom. The van der Waals surface area contributed by atoms with E-state index in [2.05, 4.69) is 19.2 Å². The van der Waals surface area contributed by atoms with Crippen LogP contribution in [0.4, 0.5) is 0 Å². The van der Waals surface area contributed by atoms with Crippen LogP contribution in [0.15, 0.2) is 0 Å². The van der Waals surface area contributed by atoms with E-state index in [9.17, 15) is 9.59 Å². The summed E-state index contributed by atoms with van der Waals surface area (Å²) < 4.78 is 1.25. The Bertz CT molecular complexity index is 410. The first-order chi connectivity index (χ1) is 9.60. The number of fused-ring (bicyclic) bond motifs is 3. The molecular formula is C17H31N2O2+. The van der Waals surface area contributed by atoms with Crippen molar-refractivity contribution in [2.75, 3.05) is 26.2 Å². The highest BCUT2D eigenvalue weighted by molar-refractivity contribution is 6.37. The normalized spacial score (nSPS) is 32.3. The maximum atomic E-state index is 12.0. The van der Waals surface area contributed by atoms with E-state index in [4.69, 9.17) is 0 Å². The molecule has 1 N–H and O–H groups in total. The number of nitrogens with one attached hydrogen (secondary N) is 1. The van der Waals surface area contributed by atoms with Crippen molar-refractivity contribution in [3.05, 3.63) is 0 Å². The van der Waals surface area contributed by atoms with E-state index in [0.29, 0.717) is 12.6 Å². The number of quaternary nitrogens is 1. The highest BCUT2D eigenvalue weighted by Crippen LogP contribution is 2.44. The zero-order valence-corrected chi connectivity index (χ0v) is 14.3. The zero-order valence-electron chi connectivity index (χ0n) is 14.3. The molecule has 0 aromatic rings. The first-order valence-electron chi connectivity index (χ1n) is 8.29. The predicted molar refractivity (Wildman–Crippen MR) is 83.8 cm³/mol. The summed E-state index contributed by atoms with van der Waals surface area (Å²) in [5.41, 5.74) is -0.354. The van der Waals surface area contributed by atoms with Gasteiger partial charge >= 0.3 is 0 Å². The van der Waals surface area contributed by atoms with E-state index in [1.165, 1.54) is 43.4 Å². The fraction of sp³-hybridized carbons (Fsp3) is 0.882. The van der Waals surface area contributed by atoms with Crippen LogP contribution in [0.25, 0.3) is 0 Å². The molecule has 0 unspecified atom stereocenters. The van der Waals surface area contributed by atoms with Gasteiger partial charge in [0.1, 0.15) is 0 Å². The number of rotatable bonds is 4. The summed E-state index contributed by atoms with van der Waals surface area (Å²) in [6.45, 7) is 14.4. The third-order valence-electron chi connectivity index (χ3n) is 5.87. The molecular weight excluding hydrogens is 264 g/mol. The average Bonchev–Trinajstić information content (AvgIpc) is 2.45. The topological polar surface area (TPSA) is 46.2 Å². The molecule has 3 heterocycles. The van der Waals surface area contributed by atoms with E-state index in [1.807, 2.05) is 0 Å². The molecule has 3 saturated heterocycles. The van der Waals surface area contributed by atoms with Crippen molar-refractivity contribution in [1.29, 1.82) is 0 Å². The van der Waals surface area contributed by atoms with Crippen LogP contribution in [-0.4, -0.2) is 48.4 Å². The smallest absolute Gasteiger partial charge is 0.287 e. The van der Waals surface area contributed by atoms with Crippen molar-refractivity contribution in [2.24, 2.45) is 10.8 Å². The van der Waals surface area contributed by atoms with Gasteiger partial charge in [0.15, 0.2) is 0 Å². The highest BCUT2D eigenvalue weighted by atomic mass is 16.2. The second-order valence-corrected chi connectivity index (χ2v) is 8.49. The fourth-order valence-corrected chi connectivity index (χ4v) is 3.82. The molecule has 0 aromatic carbocycles. The van der Waals surface area contributed by atoms with Gasteiger partial charge in [-0.25, -0.2) is 0 Å². The summed E-state index contributed by atoms with van der Waals surface area (Å²) in [7, 11) is 0. The van der Waals surface area contributed by atoms with Gasteiger partial charge in [-0.05, 0) is 13.8 Å². The number of carbonyl (C=O) groups excluding carboxylic acids is 2. The maximum Gasteiger partial charge on any atom is 0.287 e. The summed E-state index contributed by atoms with van der Waals surface area (Å²) >= 11 is 0. The number of hydrogen-bond acceptors (Lipinski definition) is 2. The Kier molecular flexibility index (Phi) is 4.22. The molecule has 3 fully saturated rings. The van der Waals surface area contributed by atoms with Crippen LogP contribution in [0.2, 0.25) is 0 Å². The van der Waals surface area contributed by atoms with Crippen molar-refractivity contribution < 1.29 is 14.1 Å². The largest absolute Gasteiger partial charge is 0.349 e. The molecule has 3 aliphatic rings. The molecule has 21 heavy (non-hydrogen) atoms. The molecule has 0 spiro atoms. The van der Waals surface area contributed by atoms with Crippen molar-refractivity contribution in [2.45, 2.75) is 59.9 Å². The predicted octanol–water partition coefficient (Wildman–Crippen LogP) is 2.13. The van der Waals surface area contributed by atoms with Gasteiger partial charge in [-0.2, -0.15) is 0 Å². The summed E-state index contributed by atoms with van der Waals surface area (Å²) in [6, 6.07) is 0.695. The highest BCUT2D eigenvalue weighted by Gasteiger charge is 2.50. The Labute approximate surface area is 128 Å². The van der Waals surface area contributed by atoms with Gasteiger partial charge in [-0.15, -0.1) is 0 Å². The van der Waals surface area contributed by atoms with Gasteiger partial charge in [0.2, 0.25) is 5.78 Å². The van der Waals surface area contributed by atoms with E-state index in [0.717, 1.165) is 0 Å². The number of hydrogen-bond donors (Lipinski definition) is 1.